The molecule has 0 saturated carbocycles. The predicted molar refractivity (Wildman–Crippen MR) is 5.75 cm³/mol. The molecule has 20 valence electrons. The molecule has 0 aromatic rings. The summed E-state index contributed by atoms with van der Waals surface area (Å²) in [5.41, 5.74) is 0. The molecule has 0 aromatic heterocycles. The minimum Gasteiger partial charge on any atom is -1.00 e. The van der Waals surface area contributed by atoms with Crippen LogP contribution in [-0.4, -0.2) is 23.1 Å². The molecule has 0 fully saturated rings. The summed E-state index contributed by atoms with van der Waals surface area (Å²) >= 11 is 0. The van der Waals surface area contributed by atoms with Gasteiger partial charge in [0, 0.05) is 26.2 Å². The number of halogens is 2. The Bertz CT molecular complexity index is 6.00. The van der Waals surface area contributed by atoms with Gasteiger partial charge in [0.25, 0.3) is 0 Å². The van der Waals surface area contributed by atoms with E-state index in [2.05, 4.69) is 0 Å². The monoisotopic (exact) mass is 184 g/mol. The van der Waals surface area contributed by atoms with Gasteiger partial charge in [0.1, 0.15) is 0 Å². The first-order valence-electron chi connectivity index (χ1n) is 0. The Morgan fingerprint density at radius 3 is 0.750 bits per heavy atom. The van der Waals surface area contributed by atoms with Crippen LogP contribution in [0.1, 0.15) is 0 Å². The molecule has 0 amide bonds. The van der Waals surface area contributed by atoms with E-state index in [1.54, 1.807) is 0 Å². The molecule has 0 aliphatic rings. The van der Waals surface area contributed by atoms with Crippen molar-refractivity contribution in [3.05, 3.63) is 0 Å². The molecule has 0 rings (SSSR count). The van der Waals surface area contributed by atoms with Crippen molar-refractivity contribution in [3.63, 3.8) is 0 Å². The quantitative estimate of drug-likeness (QED) is 0.330. The van der Waals surface area contributed by atoms with E-state index in [4.69, 9.17) is 0 Å². The van der Waals surface area contributed by atoms with Gasteiger partial charge < -0.3 is 24.8 Å². The fraction of sp³-hybridized carbons (Fsp3) is 0. The second-order valence-electron chi connectivity index (χ2n) is 0. The van der Waals surface area contributed by atoms with E-state index in [0.717, 1.165) is 0 Å². The maximum atomic E-state index is 0. The topological polar surface area (TPSA) is 0 Å². The first-order valence-corrected chi connectivity index (χ1v) is 0. The molecule has 0 radical (unpaired) electrons. The summed E-state index contributed by atoms with van der Waals surface area (Å²) in [6.07, 6.45) is 0. The standard InChI is InChI=1S/2ClH.Mg.Zr/h2*1H;;/q;;+2;/p-2. The summed E-state index contributed by atoms with van der Waals surface area (Å²) in [6, 6.07) is 0. The van der Waals surface area contributed by atoms with Gasteiger partial charge in [-0.15, -0.1) is 0 Å². The van der Waals surface area contributed by atoms with E-state index in [0.29, 0.717) is 0 Å². The predicted octanol–water partition coefficient (Wildman–Crippen LogP) is -6.38. The molecule has 0 nitrogen and oxygen atoms in total. The summed E-state index contributed by atoms with van der Waals surface area (Å²) in [5, 5.41) is 0. The second-order valence-corrected chi connectivity index (χ2v) is 0. The number of hydrogen-bond acceptors (Lipinski definition) is 0. The molecule has 0 bridgehead atoms. The third-order valence-corrected chi connectivity index (χ3v) is 0. The van der Waals surface area contributed by atoms with Gasteiger partial charge >= 0.3 is 23.1 Å². The summed E-state index contributed by atoms with van der Waals surface area (Å²) in [5.74, 6) is 0. The SMILES string of the molecule is [Cl-].[Cl-].[Mg+2].[Zr]. The fourth-order valence-electron chi connectivity index (χ4n) is 0. The maximum absolute atomic E-state index is 0. The third kappa shape index (κ3) is 8.87. The van der Waals surface area contributed by atoms with Crippen LogP contribution in [-0.2, 0) is 26.2 Å². The molecular formula is Cl2MgZr. The average molecular weight is 186 g/mol. The first kappa shape index (κ1) is 34.3. The van der Waals surface area contributed by atoms with Gasteiger partial charge in [0.15, 0.2) is 0 Å². The first-order chi connectivity index (χ1) is 0. The minimum absolute atomic E-state index is 0. The minimum atomic E-state index is 0. The Kier molecular flexibility index (Phi) is 161. The Morgan fingerprint density at radius 1 is 0.750 bits per heavy atom. The largest absolute Gasteiger partial charge is 2.00 e. The van der Waals surface area contributed by atoms with Gasteiger partial charge in [-0.3, -0.25) is 0 Å². The number of hydrogen-bond donors (Lipinski definition) is 0. The second kappa shape index (κ2) is 18.8. The molecule has 0 heterocycles. The number of rotatable bonds is 0. The van der Waals surface area contributed by atoms with Crippen molar-refractivity contribution in [2.45, 2.75) is 0 Å². The van der Waals surface area contributed by atoms with Gasteiger partial charge in [-0.25, -0.2) is 0 Å². The van der Waals surface area contributed by atoms with Crippen molar-refractivity contribution >= 4 is 23.1 Å². The van der Waals surface area contributed by atoms with Gasteiger partial charge in [-0.1, -0.05) is 0 Å². The zero-order chi connectivity index (χ0) is 0. The third-order valence-electron chi connectivity index (χ3n) is 0. The molecule has 0 aliphatic carbocycles. The van der Waals surface area contributed by atoms with E-state index in [1.807, 2.05) is 0 Å². The fourth-order valence-corrected chi connectivity index (χ4v) is 0. The summed E-state index contributed by atoms with van der Waals surface area (Å²) < 4.78 is 0. The molecule has 4 heteroatoms. The molecule has 0 aromatic carbocycles. The Morgan fingerprint density at radius 2 is 0.750 bits per heavy atom. The van der Waals surface area contributed by atoms with Gasteiger partial charge in [0.05, 0.1) is 0 Å². The van der Waals surface area contributed by atoms with E-state index < -0.39 is 0 Å². The summed E-state index contributed by atoms with van der Waals surface area (Å²) in [6.45, 7) is 0. The summed E-state index contributed by atoms with van der Waals surface area (Å²) in [4.78, 5) is 0. The van der Waals surface area contributed by atoms with Crippen LogP contribution in [0.15, 0.2) is 0 Å². The van der Waals surface area contributed by atoms with Crippen LogP contribution in [0.3, 0.4) is 0 Å². The molecule has 4 heavy (non-hydrogen) atoms. The molecule has 0 N–H and O–H groups in total. The van der Waals surface area contributed by atoms with E-state index in [9.17, 15) is 0 Å². The molecule has 0 atom stereocenters. The van der Waals surface area contributed by atoms with Crippen LogP contribution in [0.25, 0.3) is 0 Å². The Balaban J connectivity index is 0. The molecular weight excluding hydrogens is 186 g/mol. The molecule has 0 unspecified atom stereocenters. The van der Waals surface area contributed by atoms with Gasteiger partial charge in [-0.05, 0) is 0 Å². The van der Waals surface area contributed by atoms with Crippen LogP contribution in [0, 0.1) is 0 Å². The van der Waals surface area contributed by atoms with Crippen LogP contribution in [0.2, 0.25) is 0 Å². The van der Waals surface area contributed by atoms with Gasteiger partial charge in [0.2, 0.25) is 0 Å². The Hall–Kier alpha value is 2.23. The van der Waals surface area contributed by atoms with E-state index in [1.165, 1.54) is 0 Å². The Labute approximate surface area is 73.2 Å². The van der Waals surface area contributed by atoms with Crippen molar-refractivity contribution in [3.8, 4) is 0 Å². The maximum Gasteiger partial charge on any atom is 2.00 e. The molecule has 0 spiro atoms. The molecule has 0 aliphatic heterocycles. The normalized spacial score (nSPS) is 0. The average Bonchev–Trinajstić information content (AvgIpc) is 0. The summed E-state index contributed by atoms with van der Waals surface area (Å²) in [7, 11) is 0. The molecule has 0 saturated heterocycles. The van der Waals surface area contributed by atoms with Crippen molar-refractivity contribution in [2.24, 2.45) is 0 Å². The van der Waals surface area contributed by atoms with Crippen LogP contribution in [0.5, 0.6) is 0 Å². The van der Waals surface area contributed by atoms with Gasteiger partial charge in [-0.2, -0.15) is 0 Å². The van der Waals surface area contributed by atoms with Crippen molar-refractivity contribution < 1.29 is 51.0 Å². The smallest absolute Gasteiger partial charge is 1.00 e. The van der Waals surface area contributed by atoms with Crippen LogP contribution in [0.4, 0.5) is 0 Å². The van der Waals surface area contributed by atoms with Crippen LogP contribution < -0.4 is 24.8 Å². The van der Waals surface area contributed by atoms with E-state index >= 15 is 0 Å². The van der Waals surface area contributed by atoms with Crippen LogP contribution >= 0.6 is 0 Å². The van der Waals surface area contributed by atoms with E-state index in [-0.39, 0.29) is 74.1 Å². The van der Waals surface area contributed by atoms with Crippen molar-refractivity contribution in [2.75, 3.05) is 0 Å². The zero-order valence-corrected chi connectivity index (χ0v) is 7.35. The van der Waals surface area contributed by atoms with Crippen molar-refractivity contribution in [1.29, 1.82) is 0 Å². The van der Waals surface area contributed by atoms with Crippen molar-refractivity contribution in [1.82, 2.24) is 0 Å². The zero-order valence-electron chi connectivity index (χ0n) is 1.96.